The van der Waals surface area contributed by atoms with Crippen LogP contribution in [-0.4, -0.2) is 18.9 Å². The first-order chi connectivity index (χ1) is 8.77. The summed E-state index contributed by atoms with van der Waals surface area (Å²) in [6.45, 7) is 3.64. The lowest BCUT2D eigenvalue weighted by atomic mass is 10.2. The number of hydrogen-bond donors (Lipinski definition) is 1. The summed E-state index contributed by atoms with van der Waals surface area (Å²) in [5, 5.41) is 0.711. The van der Waals surface area contributed by atoms with Gasteiger partial charge in [0.15, 0.2) is 0 Å². The monoisotopic (exact) mass is 287 g/mol. The van der Waals surface area contributed by atoms with Crippen molar-refractivity contribution in [2.45, 2.75) is 31.9 Å². The second kappa shape index (κ2) is 9.54. The Balaban J connectivity index is 2.41. The molecule has 0 atom stereocenters. The molecule has 2 nitrogen and oxygen atoms in total. The van der Waals surface area contributed by atoms with Crippen molar-refractivity contribution < 1.29 is 4.74 Å². The third-order valence-corrected chi connectivity index (χ3v) is 3.92. The van der Waals surface area contributed by atoms with Gasteiger partial charge in [0, 0.05) is 5.75 Å². The third-order valence-electron chi connectivity index (χ3n) is 2.51. The molecule has 0 heterocycles. The molecule has 1 aromatic rings. The molecule has 0 aliphatic heterocycles. The van der Waals surface area contributed by atoms with Crippen LogP contribution in [0.25, 0.3) is 0 Å². The molecule has 102 valence electrons. The van der Waals surface area contributed by atoms with Gasteiger partial charge < -0.3 is 10.5 Å². The minimum absolute atomic E-state index is 0.711. The van der Waals surface area contributed by atoms with Gasteiger partial charge in [-0.1, -0.05) is 31.0 Å². The van der Waals surface area contributed by atoms with Gasteiger partial charge in [-0.2, -0.15) is 11.8 Å². The van der Waals surface area contributed by atoms with Gasteiger partial charge in [0.25, 0.3) is 0 Å². The summed E-state index contributed by atoms with van der Waals surface area (Å²) in [6, 6.07) is 6.05. The molecule has 2 N–H and O–H groups in total. The van der Waals surface area contributed by atoms with Crippen LogP contribution in [0.4, 0.5) is 0 Å². The van der Waals surface area contributed by atoms with E-state index in [0.29, 0.717) is 5.02 Å². The van der Waals surface area contributed by atoms with Gasteiger partial charge in [0.05, 0.1) is 11.6 Å². The summed E-state index contributed by atoms with van der Waals surface area (Å²) in [5.74, 6) is 2.87. The van der Waals surface area contributed by atoms with Crippen LogP contribution in [0.1, 0.15) is 31.7 Å². The fourth-order valence-electron chi connectivity index (χ4n) is 1.45. The van der Waals surface area contributed by atoms with Gasteiger partial charge in [0.2, 0.25) is 0 Å². The van der Waals surface area contributed by atoms with Gasteiger partial charge in [-0.15, -0.1) is 0 Å². The Labute approximate surface area is 119 Å². The maximum atomic E-state index is 6.19. The van der Waals surface area contributed by atoms with E-state index in [2.05, 4.69) is 13.0 Å². The van der Waals surface area contributed by atoms with E-state index >= 15 is 0 Å². The first-order valence-electron chi connectivity index (χ1n) is 6.47. The maximum absolute atomic E-state index is 6.19. The van der Waals surface area contributed by atoms with Crippen molar-refractivity contribution in [3.05, 3.63) is 28.8 Å². The van der Waals surface area contributed by atoms with Crippen LogP contribution in [0.15, 0.2) is 18.2 Å². The van der Waals surface area contributed by atoms with Crippen molar-refractivity contribution in [2.75, 3.05) is 18.9 Å². The molecule has 0 fully saturated rings. The fraction of sp³-hybridized carbons (Fsp3) is 0.571. The van der Waals surface area contributed by atoms with Gasteiger partial charge in [0.1, 0.15) is 5.75 Å². The molecule has 0 spiro atoms. The number of halogens is 1. The third kappa shape index (κ3) is 5.98. The largest absolute Gasteiger partial charge is 0.492 e. The molecule has 4 heteroatoms. The summed E-state index contributed by atoms with van der Waals surface area (Å²) >= 11 is 8.08. The first kappa shape index (κ1) is 15.7. The highest BCUT2D eigenvalue weighted by molar-refractivity contribution is 7.98. The quantitative estimate of drug-likeness (QED) is 0.695. The van der Waals surface area contributed by atoms with E-state index < -0.39 is 0 Å². The number of benzene rings is 1. The highest BCUT2D eigenvalue weighted by atomic mass is 35.5. The molecule has 0 saturated carbocycles. The maximum Gasteiger partial charge on any atom is 0.137 e. The molecular formula is C14H22ClNOS. The van der Waals surface area contributed by atoms with E-state index in [4.69, 9.17) is 22.1 Å². The minimum atomic E-state index is 0.711. The molecule has 0 aromatic heterocycles. The Morgan fingerprint density at radius 1 is 1.33 bits per heavy atom. The molecule has 0 saturated heterocycles. The van der Waals surface area contributed by atoms with Crippen LogP contribution in [0.2, 0.25) is 5.02 Å². The number of thioether (sulfide) groups is 1. The standard InChI is InChI=1S/C14H22ClNOS/c1-2-3-8-17-14-6-5-12(10-13(14)15)11-18-9-4-7-16/h5-6,10H,2-4,7-9,11,16H2,1H3. The van der Waals surface area contributed by atoms with E-state index in [1.165, 1.54) is 5.56 Å². The highest BCUT2D eigenvalue weighted by Gasteiger charge is 2.03. The zero-order valence-electron chi connectivity index (χ0n) is 11.0. The summed E-state index contributed by atoms with van der Waals surface area (Å²) in [4.78, 5) is 0. The van der Waals surface area contributed by atoms with Crippen molar-refractivity contribution in [1.29, 1.82) is 0 Å². The highest BCUT2D eigenvalue weighted by Crippen LogP contribution is 2.27. The van der Waals surface area contributed by atoms with Crippen LogP contribution in [0.5, 0.6) is 5.75 Å². The number of ether oxygens (including phenoxy) is 1. The van der Waals surface area contributed by atoms with Gasteiger partial charge in [-0.3, -0.25) is 0 Å². The zero-order valence-corrected chi connectivity index (χ0v) is 12.5. The smallest absolute Gasteiger partial charge is 0.137 e. The molecule has 18 heavy (non-hydrogen) atoms. The van der Waals surface area contributed by atoms with Crippen LogP contribution in [0.3, 0.4) is 0 Å². The van der Waals surface area contributed by atoms with Crippen LogP contribution >= 0.6 is 23.4 Å². The molecule has 0 unspecified atom stereocenters. The van der Waals surface area contributed by atoms with Gasteiger partial charge >= 0.3 is 0 Å². The van der Waals surface area contributed by atoms with E-state index in [1.54, 1.807) is 0 Å². The average molecular weight is 288 g/mol. The summed E-state index contributed by atoms with van der Waals surface area (Å²) in [7, 11) is 0. The number of hydrogen-bond acceptors (Lipinski definition) is 3. The predicted molar refractivity (Wildman–Crippen MR) is 81.7 cm³/mol. The molecule has 0 aliphatic rings. The molecule has 0 aliphatic carbocycles. The van der Waals surface area contributed by atoms with Crippen molar-refractivity contribution in [3.63, 3.8) is 0 Å². The van der Waals surface area contributed by atoms with E-state index in [-0.39, 0.29) is 0 Å². The van der Waals surface area contributed by atoms with E-state index in [1.807, 2.05) is 23.9 Å². The Hall–Kier alpha value is -0.380. The topological polar surface area (TPSA) is 35.2 Å². The zero-order chi connectivity index (χ0) is 13.2. The molecule has 1 aromatic carbocycles. The van der Waals surface area contributed by atoms with Crippen molar-refractivity contribution in [3.8, 4) is 5.75 Å². The predicted octanol–water partition coefficient (Wildman–Crippen LogP) is 4.10. The molecular weight excluding hydrogens is 266 g/mol. The summed E-state index contributed by atoms with van der Waals surface area (Å²) < 4.78 is 5.62. The minimum Gasteiger partial charge on any atom is -0.492 e. The van der Waals surface area contributed by atoms with Gasteiger partial charge in [-0.25, -0.2) is 0 Å². The number of unbranched alkanes of at least 4 members (excludes halogenated alkanes) is 1. The second-order valence-corrected chi connectivity index (χ2v) is 5.67. The van der Waals surface area contributed by atoms with Crippen molar-refractivity contribution in [2.24, 2.45) is 5.73 Å². The summed E-state index contributed by atoms with van der Waals surface area (Å²) in [6.07, 6.45) is 3.26. The molecule has 0 amide bonds. The lowest BCUT2D eigenvalue weighted by Gasteiger charge is -2.09. The first-order valence-corrected chi connectivity index (χ1v) is 8.00. The van der Waals surface area contributed by atoms with E-state index in [9.17, 15) is 0 Å². The SMILES string of the molecule is CCCCOc1ccc(CSCCCN)cc1Cl. The van der Waals surface area contributed by atoms with Gasteiger partial charge in [-0.05, 0) is 42.8 Å². The normalized spacial score (nSPS) is 10.6. The number of rotatable bonds is 9. The lowest BCUT2D eigenvalue weighted by Crippen LogP contribution is -1.99. The van der Waals surface area contributed by atoms with Crippen LogP contribution < -0.4 is 10.5 Å². The second-order valence-electron chi connectivity index (χ2n) is 4.16. The van der Waals surface area contributed by atoms with E-state index in [0.717, 1.165) is 49.7 Å². The van der Waals surface area contributed by atoms with Crippen LogP contribution in [0, 0.1) is 0 Å². The molecule has 0 radical (unpaired) electrons. The number of nitrogens with two attached hydrogens (primary N) is 1. The van der Waals surface area contributed by atoms with Crippen LogP contribution in [-0.2, 0) is 5.75 Å². The Kier molecular flexibility index (Phi) is 8.31. The molecule has 1 rings (SSSR count). The Morgan fingerprint density at radius 3 is 2.83 bits per heavy atom. The Bertz CT molecular complexity index is 347. The average Bonchev–Trinajstić information content (AvgIpc) is 2.37. The summed E-state index contributed by atoms with van der Waals surface area (Å²) in [5.41, 5.74) is 6.70. The lowest BCUT2D eigenvalue weighted by molar-refractivity contribution is 0.309. The fourth-order valence-corrected chi connectivity index (χ4v) is 2.64. The van der Waals surface area contributed by atoms with Crippen molar-refractivity contribution in [1.82, 2.24) is 0 Å². The van der Waals surface area contributed by atoms with Crippen molar-refractivity contribution >= 4 is 23.4 Å². The molecule has 0 bridgehead atoms. The Morgan fingerprint density at radius 2 is 2.17 bits per heavy atom.